The Balaban J connectivity index is 1.67. The van der Waals surface area contributed by atoms with Crippen molar-refractivity contribution in [1.29, 1.82) is 0 Å². The van der Waals surface area contributed by atoms with E-state index in [0.29, 0.717) is 46.5 Å². The van der Waals surface area contributed by atoms with Gasteiger partial charge in [-0.05, 0) is 48.9 Å². The summed E-state index contributed by atoms with van der Waals surface area (Å²) in [5.74, 6) is 0.757. The Morgan fingerprint density at radius 2 is 1.68 bits per heavy atom. The van der Waals surface area contributed by atoms with E-state index in [2.05, 4.69) is 11.8 Å². The second-order valence-electron chi connectivity index (χ2n) is 8.23. The van der Waals surface area contributed by atoms with Crippen LogP contribution in [0.1, 0.15) is 30.9 Å². The standard InChI is InChI=1S/C25H27ClN2O3/c1-17-11-14-27(15-12-17)23-22(20-5-3-4-6-21(20)31-2)24(29)28(25(23)30)16-13-18-7-9-19(26)10-8-18/h3-10,17H,11-16H2,1-2H3. The Morgan fingerprint density at radius 3 is 2.35 bits per heavy atom. The minimum atomic E-state index is -0.253. The van der Waals surface area contributed by atoms with Crippen LogP contribution in [0.2, 0.25) is 5.02 Å². The van der Waals surface area contributed by atoms with E-state index in [4.69, 9.17) is 16.3 Å². The maximum Gasteiger partial charge on any atom is 0.277 e. The summed E-state index contributed by atoms with van der Waals surface area (Å²) in [5.41, 5.74) is 2.67. The van der Waals surface area contributed by atoms with Gasteiger partial charge in [-0.3, -0.25) is 14.5 Å². The van der Waals surface area contributed by atoms with Gasteiger partial charge in [-0.25, -0.2) is 0 Å². The van der Waals surface area contributed by atoms with Gasteiger partial charge in [0, 0.05) is 30.2 Å². The summed E-state index contributed by atoms with van der Waals surface area (Å²) >= 11 is 5.97. The van der Waals surface area contributed by atoms with Crippen molar-refractivity contribution in [3.8, 4) is 5.75 Å². The number of hydrogen-bond donors (Lipinski definition) is 0. The number of carbonyl (C=O) groups excluding carboxylic acids is 2. The first-order valence-corrected chi connectivity index (χ1v) is 11.1. The molecule has 0 radical (unpaired) electrons. The summed E-state index contributed by atoms with van der Waals surface area (Å²) in [4.78, 5) is 30.5. The van der Waals surface area contributed by atoms with Crippen LogP contribution in [0.3, 0.4) is 0 Å². The molecule has 2 heterocycles. The molecular weight excluding hydrogens is 412 g/mol. The minimum absolute atomic E-state index is 0.213. The second kappa shape index (κ2) is 9.15. The number of halogens is 1. The van der Waals surface area contributed by atoms with Gasteiger partial charge in [-0.15, -0.1) is 0 Å². The molecule has 0 unspecified atom stereocenters. The van der Waals surface area contributed by atoms with Crippen molar-refractivity contribution in [2.45, 2.75) is 26.2 Å². The monoisotopic (exact) mass is 438 g/mol. The molecule has 2 aromatic carbocycles. The van der Waals surface area contributed by atoms with Crippen LogP contribution in [0.5, 0.6) is 5.75 Å². The molecule has 0 N–H and O–H groups in total. The number of benzene rings is 2. The van der Waals surface area contributed by atoms with Crippen molar-refractivity contribution in [1.82, 2.24) is 9.80 Å². The number of piperidine rings is 1. The summed E-state index contributed by atoms with van der Waals surface area (Å²) in [6, 6.07) is 14.9. The molecule has 6 heteroatoms. The van der Waals surface area contributed by atoms with E-state index in [1.54, 1.807) is 7.11 Å². The Morgan fingerprint density at radius 1 is 1.00 bits per heavy atom. The highest BCUT2D eigenvalue weighted by Gasteiger charge is 2.42. The zero-order chi connectivity index (χ0) is 22.0. The topological polar surface area (TPSA) is 49.9 Å². The molecule has 0 atom stereocenters. The predicted octanol–water partition coefficient (Wildman–Crippen LogP) is 4.40. The average Bonchev–Trinajstić information content (AvgIpc) is 3.03. The molecule has 0 spiro atoms. The van der Waals surface area contributed by atoms with Crippen LogP contribution in [0, 0.1) is 5.92 Å². The number of likely N-dealkylation sites (tertiary alicyclic amines) is 1. The lowest BCUT2D eigenvalue weighted by Crippen LogP contribution is -2.39. The number of para-hydroxylation sites is 1. The fraction of sp³-hybridized carbons (Fsp3) is 0.360. The first kappa shape index (κ1) is 21.4. The lowest BCUT2D eigenvalue weighted by molar-refractivity contribution is -0.137. The molecule has 0 aliphatic carbocycles. The van der Waals surface area contributed by atoms with E-state index >= 15 is 0 Å². The van der Waals surface area contributed by atoms with Gasteiger partial charge in [0.2, 0.25) is 0 Å². The number of rotatable bonds is 6. The van der Waals surface area contributed by atoms with Crippen molar-refractivity contribution in [2.24, 2.45) is 5.92 Å². The van der Waals surface area contributed by atoms with Crippen LogP contribution in [-0.2, 0) is 16.0 Å². The van der Waals surface area contributed by atoms with E-state index in [1.165, 1.54) is 4.90 Å². The SMILES string of the molecule is COc1ccccc1C1=C(N2CCC(C)CC2)C(=O)N(CCc2ccc(Cl)cc2)C1=O. The first-order chi connectivity index (χ1) is 15.0. The van der Waals surface area contributed by atoms with Gasteiger partial charge in [-0.2, -0.15) is 0 Å². The third-order valence-electron chi connectivity index (χ3n) is 6.16. The average molecular weight is 439 g/mol. The zero-order valence-corrected chi connectivity index (χ0v) is 18.7. The number of hydrogen-bond acceptors (Lipinski definition) is 4. The quantitative estimate of drug-likeness (QED) is 0.627. The Bertz CT molecular complexity index is 1010. The van der Waals surface area contributed by atoms with Gasteiger partial charge in [0.25, 0.3) is 11.8 Å². The van der Waals surface area contributed by atoms with Crippen molar-refractivity contribution in [3.05, 3.63) is 70.4 Å². The van der Waals surface area contributed by atoms with E-state index < -0.39 is 0 Å². The molecule has 2 aliphatic heterocycles. The maximum atomic E-state index is 13.5. The van der Waals surface area contributed by atoms with Gasteiger partial charge in [-0.1, -0.05) is 48.9 Å². The number of imide groups is 1. The summed E-state index contributed by atoms with van der Waals surface area (Å²) in [6.45, 7) is 4.11. The molecule has 1 fully saturated rings. The summed E-state index contributed by atoms with van der Waals surface area (Å²) in [6.07, 6.45) is 2.60. The Labute approximate surface area is 188 Å². The lowest BCUT2D eigenvalue weighted by Gasteiger charge is -2.32. The van der Waals surface area contributed by atoms with Gasteiger partial charge in [0.1, 0.15) is 11.4 Å². The molecule has 0 aromatic heterocycles. The smallest absolute Gasteiger partial charge is 0.277 e. The van der Waals surface area contributed by atoms with Crippen LogP contribution in [-0.4, -0.2) is 48.4 Å². The number of ether oxygens (including phenoxy) is 1. The fourth-order valence-corrected chi connectivity index (χ4v) is 4.40. The summed E-state index contributed by atoms with van der Waals surface area (Å²) < 4.78 is 5.52. The van der Waals surface area contributed by atoms with E-state index in [0.717, 1.165) is 31.5 Å². The van der Waals surface area contributed by atoms with Crippen molar-refractivity contribution >= 4 is 29.0 Å². The van der Waals surface area contributed by atoms with Gasteiger partial charge >= 0.3 is 0 Å². The van der Waals surface area contributed by atoms with Crippen molar-refractivity contribution in [2.75, 3.05) is 26.7 Å². The van der Waals surface area contributed by atoms with E-state index in [1.807, 2.05) is 48.5 Å². The van der Waals surface area contributed by atoms with Gasteiger partial charge in [0.05, 0.1) is 12.7 Å². The number of carbonyl (C=O) groups is 2. The van der Waals surface area contributed by atoms with Crippen molar-refractivity contribution < 1.29 is 14.3 Å². The van der Waals surface area contributed by atoms with E-state index in [-0.39, 0.29) is 11.8 Å². The number of methoxy groups -OCH3 is 1. The maximum absolute atomic E-state index is 13.5. The van der Waals surface area contributed by atoms with Crippen molar-refractivity contribution in [3.63, 3.8) is 0 Å². The van der Waals surface area contributed by atoms with Gasteiger partial charge in [0.15, 0.2) is 0 Å². The molecule has 0 bridgehead atoms. The highest BCUT2D eigenvalue weighted by atomic mass is 35.5. The number of nitrogens with zero attached hydrogens (tertiary/aromatic N) is 2. The highest BCUT2D eigenvalue weighted by molar-refractivity contribution is 6.36. The number of amides is 2. The van der Waals surface area contributed by atoms with Crippen LogP contribution >= 0.6 is 11.6 Å². The van der Waals surface area contributed by atoms with Crippen LogP contribution in [0.25, 0.3) is 5.57 Å². The molecule has 5 nitrogen and oxygen atoms in total. The highest BCUT2D eigenvalue weighted by Crippen LogP contribution is 2.37. The fourth-order valence-electron chi connectivity index (χ4n) is 4.28. The van der Waals surface area contributed by atoms with E-state index in [9.17, 15) is 9.59 Å². The molecule has 2 aromatic rings. The molecule has 1 saturated heterocycles. The molecule has 2 amide bonds. The first-order valence-electron chi connectivity index (χ1n) is 10.7. The summed E-state index contributed by atoms with van der Waals surface area (Å²) in [5, 5.41) is 0.666. The van der Waals surface area contributed by atoms with Crippen LogP contribution < -0.4 is 4.74 Å². The largest absolute Gasteiger partial charge is 0.496 e. The molecule has 31 heavy (non-hydrogen) atoms. The zero-order valence-electron chi connectivity index (χ0n) is 17.9. The minimum Gasteiger partial charge on any atom is -0.496 e. The Hall–Kier alpha value is -2.79. The molecular formula is C25H27ClN2O3. The predicted molar refractivity (Wildman–Crippen MR) is 122 cm³/mol. The molecule has 2 aliphatic rings. The van der Waals surface area contributed by atoms with Gasteiger partial charge < -0.3 is 9.64 Å². The molecule has 162 valence electrons. The Kier molecular flexibility index (Phi) is 6.33. The second-order valence-corrected chi connectivity index (χ2v) is 8.67. The molecule has 0 saturated carbocycles. The third kappa shape index (κ3) is 4.33. The molecule has 4 rings (SSSR count). The van der Waals surface area contributed by atoms with Crippen LogP contribution in [0.4, 0.5) is 0 Å². The lowest BCUT2D eigenvalue weighted by atomic mass is 9.97. The summed E-state index contributed by atoms with van der Waals surface area (Å²) in [7, 11) is 1.58. The van der Waals surface area contributed by atoms with Crippen LogP contribution in [0.15, 0.2) is 54.2 Å². The normalized spacial score (nSPS) is 17.6. The third-order valence-corrected chi connectivity index (χ3v) is 6.41.